The van der Waals surface area contributed by atoms with E-state index in [0.717, 1.165) is 30.2 Å². The Morgan fingerprint density at radius 3 is 1.32 bits per heavy atom. The van der Waals surface area contributed by atoms with E-state index in [2.05, 4.69) is 78.2 Å². The standard InChI is InChI=1S/C34H48FN3.C14H8N2O4.2CHNS.Ru/c1-3-5-7-9-11-13-15-17-29-23-25-36-33(27-29)38(32-21-19-31(35)20-22-32)34-28-30(24-26-37-34)18-16-14-12-10-8-6-4-2;17-7-19-11-3-5-15-13-9(11)1-2-10-12(20-8-18)4-6-16-14(10)13;2*2-1-3;/h19-28H,3-18H2,1-2H3;1-8H;2*3H;/q;;;;+2/p-2. The van der Waals surface area contributed by atoms with Crippen LogP contribution in [0.3, 0.4) is 0 Å². The van der Waals surface area contributed by atoms with Gasteiger partial charge in [-0.3, -0.25) is 24.5 Å². The first kappa shape index (κ1) is 55.4. The van der Waals surface area contributed by atoms with Gasteiger partial charge in [-0.25, -0.2) is 24.9 Å². The first-order chi connectivity index (χ1) is 31.4. The molecule has 0 fully saturated rings. The van der Waals surface area contributed by atoms with E-state index in [-0.39, 0.29) is 25.3 Å². The predicted octanol–water partition coefficient (Wildman–Crippen LogP) is 12.6. The molecular weight excluding hydrogens is 947 g/mol. The Morgan fingerprint density at radius 2 is 0.938 bits per heavy atom. The number of carbonyl (C=O) groups excluding carboxylic acids is 2. The number of ether oxygens (including phenoxy) is 2. The maximum absolute atomic E-state index is 13.8. The van der Waals surface area contributed by atoms with Gasteiger partial charge in [0, 0.05) is 41.2 Å². The van der Waals surface area contributed by atoms with Crippen LogP contribution in [-0.2, 0) is 67.2 Å². The number of thiocyanates is 2. The molecule has 0 unspecified atom stereocenters. The third-order valence-electron chi connectivity index (χ3n) is 10.2. The van der Waals surface area contributed by atoms with Crippen molar-refractivity contribution in [3.8, 4) is 22.3 Å². The third-order valence-corrected chi connectivity index (χ3v) is 10.2. The molecule has 0 aliphatic heterocycles. The number of hydrogen-bond acceptors (Lipinski definition) is 13. The van der Waals surface area contributed by atoms with E-state index in [1.54, 1.807) is 24.3 Å². The van der Waals surface area contributed by atoms with Crippen molar-refractivity contribution < 1.29 is 42.9 Å². The number of rotatable bonds is 23. The van der Waals surface area contributed by atoms with Gasteiger partial charge in [0.05, 0.1) is 0 Å². The molecule has 342 valence electrons. The average Bonchev–Trinajstić information content (AvgIpc) is 3.30. The maximum Gasteiger partial charge on any atom is 2.00 e. The molecule has 6 rings (SSSR count). The maximum atomic E-state index is 13.8. The number of nitrogens with zero attached hydrogens (tertiary/aromatic N) is 7. The van der Waals surface area contributed by atoms with Gasteiger partial charge in [0.25, 0.3) is 12.9 Å². The van der Waals surface area contributed by atoms with Crippen molar-refractivity contribution in [2.24, 2.45) is 0 Å². The number of anilines is 3. The zero-order valence-electron chi connectivity index (χ0n) is 37.0. The number of nitriles is 2. The fourth-order valence-corrected chi connectivity index (χ4v) is 7.11. The molecule has 0 amide bonds. The fraction of sp³-hybridized carbons (Fsp3) is 0.360. The summed E-state index contributed by atoms with van der Waals surface area (Å²) in [6.07, 6.45) is 27.2. The van der Waals surface area contributed by atoms with Gasteiger partial charge in [-0.05, 0) is 110 Å². The summed E-state index contributed by atoms with van der Waals surface area (Å²) in [5.74, 6) is 2.22. The molecule has 6 aromatic rings. The first-order valence-electron chi connectivity index (χ1n) is 21.7. The summed E-state index contributed by atoms with van der Waals surface area (Å²) in [6.45, 7) is 5.24. The van der Waals surface area contributed by atoms with E-state index in [1.165, 1.54) is 136 Å². The molecule has 11 nitrogen and oxygen atoms in total. The van der Waals surface area contributed by atoms with E-state index in [1.807, 2.05) is 24.5 Å². The van der Waals surface area contributed by atoms with E-state index >= 15 is 0 Å². The van der Waals surface area contributed by atoms with Crippen LogP contribution in [0.4, 0.5) is 21.7 Å². The van der Waals surface area contributed by atoms with Crippen LogP contribution in [0.2, 0.25) is 0 Å². The van der Waals surface area contributed by atoms with Gasteiger partial charge in [0.1, 0.15) is 40.0 Å². The van der Waals surface area contributed by atoms with Gasteiger partial charge in [-0.1, -0.05) is 102 Å². The molecule has 0 aliphatic carbocycles. The van der Waals surface area contributed by atoms with Crippen molar-refractivity contribution in [2.45, 2.75) is 117 Å². The van der Waals surface area contributed by atoms with E-state index in [0.29, 0.717) is 46.2 Å². The second kappa shape index (κ2) is 33.7. The smallest absolute Gasteiger partial charge is 0.696 e. The second-order valence-electron chi connectivity index (χ2n) is 14.7. The molecule has 2 aromatic carbocycles. The SMILES string of the molecule is CCCCCCCCCc1ccnc(N(c2ccc(F)cc2)c2cc(CCCCCCCCC)ccn2)c1.N#C[S-].N#C[S-].O=COc1ccnc2c1ccc1c(OC=O)ccnc12.[Ru+2]. The van der Waals surface area contributed by atoms with E-state index < -0.39 is 0 Å². The Kier molecular flexibility index (Phi) is 28.8. The Morgan fingerprint density at radius 1 is 0.569 bits per heavy atom. The van der Waals surface area contributed by atoms with Gasteiger partial charge in [-0.15, -0.1) is 0 Å². The summed E-state index contributed by atoms with van der Waals surface area (Å²) in [6, 6.07) is 21.9. The van der Waals surface area contributed by atoms with Crippen molar-refractivity contribution in [3.63, 3.8) is 0 Å². The molecular formula is C50H56FN7O4RuS2. The van der Waals surface area contributed by atoms with Crippen LogP contribution in [0.5, 0.6) is 11.5 Å². The number of fused-ring (bicyclic) bond motifs is 3. The van der Waals surface area contributed by atoms with E-state index in [9.17, 15) is 14.0 Å². The largest absolute Gasteiger partial charge is 2.00 e. The van der Waals surface area contributed by atoms with Crippen molar-refractivity contribution in [1.29, 1.82) is 10.5 Å². The number of carbonyl (C=O) groups is 2. The van der Waals surface area contributed by atoms with Crippen LogP contribution in [0, 0.1) is 27.1 Å². The van der Waals surface area contributed by atoms with Gasteiger partial charge >= 0.3 is 19.5 Å². The summed E-state index contributed by atoms with van der Waals surface area (Å²) < 4.78 is 23.6. The molecule has 0 saturated carbocycles. The minimum atomic E-state index is -0.241. The number of halogens is 1. The van der Waals surface area contributed by atoms with Crippen LogP contribution in [-0.4, -0.2) is 32.9 Å². The van der Waals surface area contributed by atoms with Gasteiger partial charge in [0.15, 0.2) is 0 Å². The van der Waals surface area contributed by atoms with Crippen LogP contribution in [0.15, 0.2) is 97.6 Å². The number of benzene rings is 2. The normalized spacial score (nSPS) is 9.92. The molecule has 15 heteroatoms. The number of hydrogen-bond donors (Lipinski definition) is 0. The van der Waals surface area contributed by atoms with Crippen molar-refractivity contribution in [1.82, 2.24) is 19.9 Å². The molecule has 0 aliphatic rings. The van der Waals surface area contributed by atoms with Crippen LogP contribution in [0.1, 0.15) is 115 Å². The van der Waals surface area contributed by atoms with E-state index in [4.69, 9.17) is 30.0 Å². The zero-order valence-corrected chi connectivity index (χ0v) is 40.4. The predicted molar refractivity (Wildman–Crippen MR) is 256 cm³/mol. The quantitative estimate of drug-likeness (QED) is 0.0149. The molecule has 0 N–H and O–H groups in total. The molecule has 65 heavy (non-hydrogen) atoms. The Balaban J connectivity index is 0.000000448. The summed E-state index contributed by atoms with van der Waals surface area (Å²) >= 11 is 7.40. The summed E-state index contributed by atoms with van der Waals surface area (Å²) in [7, 11) is 0. The number of aromatic nitrogens is 4. The van der Waals surface area contributed by atoms with Crippen molar-refractivity contribution in [2.75, 3.05) is 4.90 Å². The van der Waals surface area contributed by atoms with Gasteiger partial charge in [-0.2, -0.15) is 0 Å². The summed E-state index contributed by atoms with van der Waals surface area (Å²) in [4.78, 5) is 41.0. The molecule has 0 atom stereocenters. The number of pyridine rings is 4. The Labute approximate surface area is 406 Å². The monoisotopic (exact) mass is 1000 g/mol. The molecule has 0 saturated heterocycles. The number of unbranched alkanes of at least 4 members (excludes halogenated alkanes) is 12. The third kappa shape index (κ3) is 19.5. The van der Waals surface area contributed by atoms with Crippen LogP contribution in [0.25, 0.3) is 21.8 Å². The summed E-state index contributed by atoms with van der Waals surface area (Å²) in [5.41, 5.74) is 4.58. The fourth-order valence-electron chi connectivity index (χ4n) is 7.11. The van der Waals surface area contributed by atoms with Crippen LogP contribution < -0.4 is 14.4 Å². The number of aryl methyl sites for hydroxylation is 2. The Hall–Kier alpha value is -5.73. The molecule has 4 aromatic heterocycles. The zero-order chi connectivity index (χ0) is 46.2. The molecule has 0 bridgehead atoms. The average molecular weight is 1000 g/mol. The topological polar surface area (TPSA) is 155 Å². The second-order valence-corrected chi connectivity index (χ2v) is 15.1. The molecule has 0 spiro atoms. The van der Waals surface area contributed by atoms with Crippen molar-refractivity contribution in [3.05, 3.63) is 115 Å². The molecule has 4 heterocycles. The Bertz CT molecular complexity index is 2240. The minimum absolute atomic E-state index is 0. The van der Waals surface area contributed by atoms with Crippen LogP contribution >= 0.6 is 0 Å². The molecule has 0 radical (unpaired) electrons. The first-order valence-corrected chi connectivity index (χ1v) is 22.6. The summed E-state index contributed by atoms with van der Waals surface area (Å²) in [5, 5.41) is 18.2. The van der Waals surface area contributed by atoms with Gasteiger partial charge in [0.2, 0.25) is 0 Å². The van der Waals surface area contributed by atoms with Crippen molar-refractivity contribution >= 4 is 77.3 Å². The minimum Gasteiger partial charge on any atom is -0.696 e. The van der Waals surface area contributed by atoms with Gasteiger partial charge < -0.3 is 34.7 Å².